The molecule has 0 amide bonds. The van der Waals surface area contributed by atoms with Crippen LogP contribution in [0, 0.1) is 17.8 Å². The van der Waals surface area contributed by atoms with Crippen LogP contribution in [0.2, 0.25) is 0 Å². The van der Waals surface area contributed by atoms with E-state index in [0.29, 0.717) is 5.92 Å². The number of likely N-dealkylation sites (tertiary alicyclic amines) is 1. The number of fused-ring (bicyclic) bond motifs is 1. The molecule has 1 saturated carbocycles. The summed E-state index contributed by atoms with van der Waals surface area (Å²) in [6.07, 6.45) is 4.22. The van der Waals surface area contributed by atoms with Crippen LogP contribution in [-0.2, 0) is 6.42 Å². The van der Waals surface area contributed by atoms with E-state index >= 15 is 0 Å². The van der Waals surface area contributed by atoms with Gasteiger partial charge in [0.2, 0.25) is 0 Å². The van der Waals surface area contributed by atoms with E-state index < -0.39 is 0 Å². The van der Waals surface area contributed by atoms with Gasteiger partial charge in [0.25, 0.3) is 0 Å². The minimum Gasteiger partial charge on any atom is -0.306 e. The highest BCUT2D eigenvalue weighted by Crippen LogP contribution is 2.42. The number of hydrogen-bond acceptors (Lipinski definition) is 1. The second kappa shape index (κ2) is 5.28. The molecule has 1 saturated heterocycles. The molecule has 2 fully saturated rings. The van der Waals surface area contributed by atoms with Gasteiger partial charge in [-0.15, -0.1) is 0 Å². The van der Waals surface area contributed by atoms with E-state index in [0.717, 1.165) is 17.8 Å². The molecule has 0 spiro atoms. The smallest absolute Gasteiger partial charge is 0.000996 e. The van der Waals surface area contributed by atoms with E-state index in [4.69, 9.17) is 0 Å². The fourth-order valence-electron chi connectivity index (χ4n) is 4.20. The van der Waals surface area contributed by atoms with Crippen LogP contribution in [0.1, 0.15) is 43.7 Å². The molecule has 1 heteroatoms. The zero-order valence-corrected chi connectivity index (χ0v) is 12.6. The Balaban J connectivity index is 1.58. The van der Waals surface area contributed by atoms with E-state index in [9.17, 15) is 0 Å². The third-order valence-electron chi connectivity index (χ3n) is 5.20. The monoisotopic (exact) mass is 257 g/mol. The van der Waals surface area contributed by atoms with Crippen LogP contribution in [0.5, 0.6) is 0 Å². The lowest BCUT2D eigenvalue weighted by molar-refractivity contribution is 0.353. The molecule has 1 aliphatic carbocycles. The zero-order valence-electron chi connectivity index (χ0n) is 12.6. The predicted molar refractivity (Wildman–Crippen MR) is 81.4 cm³/mol. The van der Waals surface area contributed by atoms with Gasteiger partial charge in [-0.1, -0.05) is 38.1 Å². The van der Waals surface area contributed by atoms with Crippen LogP contribution in [0.4, 0.5) is 0 Å². The molecule has 2 atom stereocenters. The molecule has 0 bridgehead atoms. The zero-order chi connectivity index (χ0) is 13.4. The fourth-order valence-corrected chi connectivity index (χ4v) is 4.20. The fraction of sp³-hybridized carbons (Fsp3) is 0.667. The van der Waals surface area contributed by atoms with Gasteiger partial charge in [-0.3, -0.25) is 0 Å². The predicted octanol–water partition coefficient (Wildman–Crippen LogP) is 3.94. The largest absolute Gasteiger partial charge is 0.306 e. The van der Waals surface area contributed by atoms with Gasteiger partial charge < -0.3 is 4.90 Å². The van der Waals surface area contributed by atoms with Crippen molar-refractivity contribution in [1.82, 2.24) is 4.90 Å². The Labute approximate surface area is 118 Å². The van der Waals surface area contributed by atoms with Crippen molar-refractivity contribution in [1.29, 1.82) is 0 Å². The molecule has 19 heavy (non-hydrogen) atoms. The molecule has 0 N–H and O–H groups in total. The summed E-state index contributed by atoms with van der Waals surface area (Å²) in [6.45, 7) is 7.22. The van der Waals surface area contributed by atoms with Gasteiger partial charge >= 0.3 is 0 Å². The molecular formula is C18H27N. The Morgan fingerprint density at radius 1 is 1.05 bits per heavy atom. The molecule has 104 valence electrons. The first-order chi connectivity index (χ1) is 9.11. The van der Waals surface area contributed by atoms with Gasteiger partial charge in [0.05, 0.1) is 0 Å². The Morgan fingerprint density at radius 3 is 2.16 bits per heavy atom. The van der Waals surface area contributed by atoms with Gasteiger partial charge in [0, 0.05) is 13.1 Å². The number of rotatable bonds is 3. The molecule has 0 radical (unpaired) electrons. The maximum atomic E-state index is 2.52. The molecule has 1 nitrogen and oxygen atoms in total. The number of hydrogen-bond donors (Lipinski definition) is 0. The van der Waals surface area contributed by atoms with Crippen molar-refractivity contribution in [3.8, 4) is 0 Å². The Hall–Kier alpha value is -0.820. The van der Waals surface area contributed by atoms with Crippen molar-refractivity contribution in [2.24, 2.45) is 17.8 Å². The van der Waals surface area contributed by atoms with E-state index in [1.54, 1.807) is 5.56 Å². The maximum Gasteiger partial charge on any atom is 0.000996 e. The first kappa shape index (κ1) is 13.2. The van der Waals surface area contributed by atoms with Crippen molar-refractivity contribution in [3.63, 3.8) is 0 Å². The topological polar surface area (TPSA) is 3.24 Å². The van der Waals surface area contributed by atoms with E-state index in [-0.39, 0.29) is 0 Å². The van der Waals surface area contributed by atoms with Crippen LogP contribution < -0.4 is 0 Å². The highest BCUT2D eigenvalue weighted by molar-refractivity contribution is 5.25. The Kier molecular flexibility index (Phi) is 3.66. The summed E-state index contributed by atoms with van der Waals surface area (Å²) in [7, 11) is 2.28. The lowest BCUT2D eigenvalue weighted by Crippen LogP contribution is -2.17. The van der Waals surface area contributed by atoms with Gasteiger partial charge in [0.15, 0.2) is 0 Å². The van der Waals surface area contributed by atoms with Gasteiger partial charge in [-0.05, 0) is 61.1 Å². The standard InChI is InChI=1S/C18H27N/c1-13(2)16-6-4-14(5-7-16)8-15-9-17-11-19(3)12-18(17)10-15/h4-7,13,15,17-18H,8-12H2,1-3H3. The van der Waals surface area contributed by atoms with Crippen LogP contribution in [0.3, 0.4) is 0 Å². The first-order valence-electron chi connectivity index (χ1n) is 7.89. The number of benzene rings is 1. The lowest BCUT2D eigenvalue weighted by Gasteiger charge is -2.15. The minimum atomic E-state index is 0.649. The number of nitrogens with zero attached hydrogens (tertiary/aromatic N) is 1. The molecule has 1 aromatic carbocycles. The Morgan fingerprint density at radius 2 is 1.63 bits per heavy atom. The van der Waals surface area contributed by atoms with Crippen molar-refractivity contribution >= 4 is 0 Å². The highest BCUT2D eigenvalue weighted by atomic mass is 15.1. The van der Waals surface area contributed by atoms with Crippen molar-refractivity contribution in [2.75, 3.05) is 20.1 Å². The van der Waals surface area contributed by atoms with Crippen molar-refractivity contribution in [3.05, 3.63) is 35.4 Å². The molecule has 3 rings (SSSR count). The van der Waals surface area contributed by atoms with E-state index in [2.05, 4.69) is 50.1 Å². The van der Waals surface area contributed by atoms with Crippen LogP contribution in [-0.4, -0.2) is 25.0 Å². The first-order valence-corrected chi connectivity index (χ1v) is 7.89. The van der Waals surface area contributed by atoms with Crippen LogP contribution in [0.15, 0.2) is 24.3 Å². The SMILES string of the molecule is CC(C)c1ccc(CC2CC3CN(C)CC3C2)cc1. The molecule has 2 aliphatic rings. The second-order valence-corrected chi connectivity index (χ2v) is 7.18. The normalized spacial score (nSPS) is 31.1. The van der Waals surface area contributed by atoms with E-state index in [1.165, 1.54) is 37.9 Å². The Bertz CT molecular complexity index is 406. The quantitative estimate of drug-likeness (QED) is 0.793. The average molecular weight is 257 g/mol. The summed E-state index contributed by atoms with van der Waals surface area (Å²) in [5.74, 6) is 3.57. The van der Waals surface area contributed by atoms with Crippen molar-refractivity contribution < 1.29 is 0 Å². The van der Waals surface area contributed by atoms with Gasteiger partial charge in [0.1, 0.15) is 0 Å². The summed E-state index contributed by atoms with van der Waals surface area (Å²) in [4.78, 5) is 2.52. The van der Waals surface area contributed by atoms with E-state index in [1.807, 2.05) is 0 Å². The third kappa shape index (κ3) is 2.86. The second-order valence-electron chi connectivity index (χ2n) is 7.18. The summed E-state index contributed by atoms with van der Waals surface area (Å²) in [6, 6.07) is 9.36. The molecule has 0 aromatic heterocycles. The third-order valence-corrected chi connectivity index (χ3v) is 5.20. The summed E-state index contributed by atoms with van der Waals surface area (Å²) in [5, 5.41) is 0. The summed E-state index contributed by atoms with van der Waals surface area (Å²) < 4.78 is 0. The highest BCUT2D eigenvalue weighted by Gasteiger charge is 2.39. The van der Waals surface area contributed by atoms with Crippen LogP contribution in [0.25, 0.3) is 0 Å². The van der Waals surface area contributed by atoms with Crippen molar-refractivity contribution in [2.45, 2.75) is 39.0 Å². The summed E-state index contributed by atoms with van der Waals surface area (Å²) >= 11 is 0. The van der Waals surface area contributed by atoms with Crippen LogP contribution >= 0.6 is 0 Å². The van der Waals surface area contributed by atoms with Gasteiger partial charge in [-0.2, -0.15) is 0 Å². The van der Waals surface area contributed by atoms with Gasteiger partial charge in [-0.25, -0.2) is 0 Å². The maximum absolute atomic E-state index is 2.52. The molecular weight excluding hydrogens is 230 g/mol. The molecule has 1 aromatic rings. The minimum absolute atomic E-state index is 0.649. The lowest BCUT2D eigenvalue weighted by atomic mass is 9.94. The molecule has 2 unspecified atom stereocenters. The molecule has 1 heterocycles. The molecule has 1 aliphatic heterocycles. The average Bonchev–Trinajstić information content (AvgIpc) is 2.86. The summed E-state index contributed by atoms with van der Waals surface area (Å²) in [5.41, 5.74) is 3.01.